The Hall–Kier alpha value is -2.79. The molecule has 1 aromatic carbocycles. The van der Waals surface area contributed by atoms with Crippen molar-refractivity contribution in [2.45, 2.75) is 64.5 Å². The highest BCUT2D eigenvalue weighted by molar-refractivity contribution is 5.74. The molecule has 11 heteroatoms. The monoisotopic (exact) mass is 506 g/mol. The topological polar surface area (TPSA) is 59.3 Å². The van der Waals surface area contributed by atoms with Crippen LogP contribution in [0.3, 0.4) is 0 Å². The Balaban J connectivity index is 1.42. The van der Waals surface area contributed by atoms with Crippen LogP contribution in [0.1, 0.15) is 42.4 Å². The van der Waals surface area contributed by atoms with Crippen LogP contribution in [0.15, 0.2) is 18.2 Å². The second-order valence-electron chi connectivity index (χ2n) is 9.76. The van der Waals surface area contributed by atoms with Gasteiger partial charge in [0.1, 0.15) is 17.2 Å². The summed E-state index contributed by atoms with van der Waals surface area (Å²) in [5, 5.41) is 0. The van der Waals surface area contributed by atoms with Crippen molar-refractivity contribution in [3.63, 3.8) is 0 Å². The van der Waals surface area contributed by atoms with Crippen LogP contribution in [0.2, 0.25) is 0 Å². The number of alkyl halides is 3. The van der Waals surface area contributed by atoms with Gasteiger partial charge in [-0.05, 0) is 38.9 Å². The predicted molar refractivity (Wildman–Crippen MR) is 126 cm³/mol. The molecule has 0 radical (unpaired) electrons. The fourth-order valence-electron chi connectivity index (χ4n) is 5.33. The lowest BCUT2D eigenvalue weighted by Gasteiger charge is -2.31. The van der Waals surface area contributed by atoms with E-state index in [0.717, 1.165) is 25.1 Å². The number of hydrogen-bond donors (Lipinski definition) is 0. The number of hydrogen-bond acceptors (Lipinski definition) is 6. The first kappa shape index (κ1) is 24.9. The lowest BCUT2D eigenvalue weighted by atomic mass is 10.1. The Morgan fingerprint density at radius 3 is 2.53 bits per heavy atom. The number of likely N-dealkylation sites (tertiary alicyclic amines) is 2. The molecule has 2 saturated heterocycles. The fraction of sp³-hybridized carbons (Fsp3) is 0.560. The number of fused-ring (bicyclic) bond motifs is 3. The molecule has 0 aliphatic carbocycles. The maximum atomic E-state index is 15.3. The summed E-state index contributed by atoms with van der Waals surface area (Å²) in [6.45, 7) is 6.54. The van der Waals surface area contributed by atoms with Gasteiger partial charge in [0.2, 0.25) is 0 Å². The Kier molecular flexibility index (Phi) is 6.63. The van der Waals surface area contributed by atoms with Crippen molar-refractivity contribution in [3.05, 3.63) is 46.7 Å². The van der Waals surface area contributed by atoms with Crippen LogP contribution in [0.4, 0.5) is 17.6 Å². The van der Waals surface area contributed by atoms with Crippen molar-refractivity contribution < 1.29 is 22.3 Å². The van der Waals surface area contributed by atoms with E-state index in [0.29, 0.717) is 47.7 Å². The molecular weight excluding hydrogens is 476 g/mol. The number of likely N-dealkylation sites (N-methyl/N-ethyl adjacent to an activating group) is 1. The minimum absolute atomic E-state index is 0.0109. The highest BCUT2D eigenvalue weighted by atomic mass is 19.4. The van der Waals surface area contributed by atoms with Crippen LogP contribution in [-0.4, -0.2) is 74.3 Å². The van der Waals surface area contributed by atoms with Crippen molar-refractivity contribution in [1.29, 1.82) is 0 Å². The Morgan fingerprint density at radius 1 is 1.08 bits per heavy atom. The Morgan fingerprint density at radius 2 is 1.89 bits per heavy atom. The molecular formula is C25H30F4N6O. The zero-order chi connectivity index (χ0) is 25.6. The lowest BCUT2D eigenvalue weighted by Crippen LogP contribution is -2.43. The van der Waals surface area contributed by atoms with E-state index in [1.807, 2.05) is 6.07 Å². The standard InChI is InChI=1S/C25H30F4N6O/c1-4-36-24-30-15(2)22-23(32-24)35(21(31-22)7-8-25(27,28)29)12-17-6-5-16(9-20(17)26)11-34-14-18-10-19(34)13-33(18)3/h5-6,9,18-19H,4,7-8,10-14H2,1-3H3/t18-,19-/m1/s1. The second kappa shape index (κ2) is 9.59. The molecule has 2 aliphatic rings. The van der Waals surface area contributed by atoms with Gasteiger partial charge in [0.25, 0.3) is 0 Å². The van der Waals surface area contributed by atoms with E-state index >= 15 is 4.39 Å². The van der Waals surface area contributed by atoms with Gasteiger partial charge >= 0.3 is 12.2 Å². The quantitative estimate of drug-likeness (QED) is 0.429. The summed E-state index contributed by atoms with van der Waals surface area (Å²) in [6, 6.07) is 6.32. The average Bonchev–Trinajstić information content (AvgIpc) is 3.47. The first-order chi connectivity index (χ1) is 17.1. The number of imidazole rings is 1. The number of benzene rings is 1. The van der Waals surface area contributed by atoms with Crippen molar-refractivity contribution in [1.82, 2.24) is 29.3 Å². The summed E-state index contributed by atoms with van der Waals surface area (Å²) in [5.74, 6) is -0.206. The summed E-state index contributed by atoms with van der Waals surface area (Å²) in [7, 11) is 2.14. The number of rotatable bonds is 8. The molecule has 0 N–H and O–H groups in total. The summed E-state index contributed by atoms with van der Waals surface area (Å²) in [4.78, 5) is 17.8. The second-order valence-corrected chi connectivity index (χ2v) is 9.76. The zero-order valence-electron chi connectivity index (χ0n) is 20.6. The molecule has 0 spiro atoms. The smallest absolute Gasteiger partial charge is 0.389 e. The number of piperazine rings is 1. The SMILES string of the molecule is CCOc1nc(C)c2nc(CCC(F)(F)F)n(Cc3ccc(CN4C[C@H]5C[C@@H]4CN5C)cc3F)c2n1. The summed E-state index contributed by atoms with van der Waals surface area (Å²) >= 11 is 0. The van der Waals surface area contributed by atoms with Crippen LogP contribution < -0.4 is 4.74 Å². The Bertz CT molecular complexity index is 1260. The minimum atomic E-state index is -4.34. The first-order valence-corrected chi connectivity index (χ1v) is 12.3. The number of ether oxygens (including phenoxy) is 1. The highest BCUT2D eigenvalue weighted by Gasteiger charge is 2.41. The maximum absolute atomic E-state index is 15.3. The molecule has 7 nitrogen and oxygen atoms in total. The number of nitrogens with zero attached hydrogens (tertiary/aromatic N) is 6. The molecule has 4 heterocycles. The van der Waals surface area contributed by atoms with E-state index in [1.54, 1.807) is 24.5 Å². The number of halogens is 4. The van der Waals surface area contributed by atoms with Gasteiger partial charge in [-0.3, -0.25) is 4.90 Å². The molecule has 0 saturated carbocycles. The van der Waals surface area contributed by atoms with Crippen molar-refractivity contribution in [2.24, 2.45) is 0 Å². The zero-order valence-corrected chi connectivity index (χ0v) is 20.6. The molecule has 194 valence electrons. The van der Waals surface area contributed by atoms with Gasteiger partial charge in [0.15, 0.2) is 5.65 Å². The maximum Gasteiger partial charge on any atom is 0.389 e. The lowest BCUT2D eigenvalue weighted by molar-refractivity contribution is -0.134. The molecule has 2 fully saturated rings. The van der Waals surface area contributed by atoms with E-state index in [1.165, 1.54) is 6.07 Å². The minimum Gasteiger partial charge on any atom is -0.464 e. The largest absolute Gasteiger partial charge is 0.464 e. The summed E-state index contributed by atoms with van der Waals surface area (Å²) < 4.78 is 61.2. The van der Waals surface area contributed by atoms with Gasteiger partial charge in [0, 0.05) is 43.7 Å². The van der Waals surface area contributed by atoms with Crippen molar-refractivity contribution in [3.8, 4) is 6.01 Å². The molecule has 2 aromatic heterocycles. The van der Waals surface area contributed by atoms with Gasteiger partial charge in [0.05, 0.1) is 25.3 Å². The van der Waals surface area contributed by atoms with Crippen LogP contribution >= 0.6 is 0 Å². The van der Waals surface area contributed by atoms with E-state index in [2.05, 4.69) is 31.8 Å². The van der Waals surface area contributed by atoms with Crippen molar-refractivity contribution in [2.75, 3.05) is 26.7 Å². The van der Waals surface area contributed by atoms with Gasteiger partial charge in [-0.2, -0.15) is 23.1 Å². The van der Waals surface area contributed by atoms with E-state index in [9.17, 15) is 13.2 Å². The van der Waals surface area contributed by atoms with E-state index in [-0.39, 0.29) is 24.8 Å². The third kappa shape index (κ3) is 5.04. The molecule has 2 bridgehead atoms. The van der Waals surface area contributed by atoms with Gasteiger partial charge in [-0.15, -0.1) is 0 Å². The third-order valence-electron chi connectivity index (χ3n) is 7.19. The van der Waals surface area contributed by atoms with Crippen molar-refractivity contribution >= 4 is 11.2 Å². The number of aryl methyl sites for hydroxylation is 2. The summed E-state index contributed by atoms with van der Waals surface area (Å²) in [5.41, 5.74) is 2.47. The van der Waals surface area contributed by atoms with E-state index < -0.39 is 18.4 Å². The molecule has 2 atom stereocenters. The van der Waals surface area contributed by atoms with Crippen LogP contribution in [0.5, 0.6) is 6.01 Å². The van der Waals surface area contributed by atoms with Gasteiger partial charge in [-0.1, -0.05) is 12.1 Å². The number of aromatic nitrogens is 4. The predicted octanol–water partition coefficient (Wildman–Crippen LogP) is 4.10. The molecule has 5 rings (SSSR count). The molecule has 2 aliphatic heterocycles. The van der Waals surface area contributed by atoms with Crippen LogP contribution in [-0.2, 0) is 19.5 Å². The molecule has 36 heavy (non-hydrogen) atoms. The fourth-order valence-corrected chi connectivity index (χ4v) is 5.33. The average molecular weight is 507 g/mol. The van der Waals surface area contributed by atoms with Gasteiger partial charge in [-0.25, -0.2) is 9.37 Å². The van der Waals surface area contributed by atoms with Crippen LogP contribution in [0.25, 0.3) is 11.2 Å². The van der Waals surface area contributed by atoms with Crippen LogP contribution in [0, 0.1) is 12.7 Å². The first-order valence-electron chi connectivity index (χ1n) is 12.3. The van der Waals surface area contributed by atoms with Gasteiger partial charge < -0.3 is 14.2 Å². The molecule has 3 aromatic rings. The van der Waals surface area contributed by atoms with E-state index in [4.69, 9.17) is 4.74 Å². The highest BCUT2D eigenvalue weighted by Crippen LogP contribution is 2.31. The summed E-state index contributed by atoms with van der Waals surface area (Å²) in [6.07, 6.45) is -4.56. The Labute approximate surface area is 207 Å². The normalized spacial score (nSPS) is 20.6. The third-order valence-corrected chi connectivity index (χ3v) is 7.19. The molecule has 0 amide bonds. The molecule has 0 unspecified atom stereocenters.